The molecule has 0 saturated carbocycles. The molecule has 0 bridgehead atoms. The molecule has 164 valence electrons. The van der Waals surface area contributed by atoms with Crippen LogP contribution in [0.3, 0.4) is 0 Å². The van der Waals surface area contributed by atoms with E-state index in [0.29, 0.717) is 22.9 Å². The normalized spacial score (nSPS) is 12.7. The number of aromatic nitrogens is 1. The van der Waals surface area contributed by atoms with Crippen LogP contribution >= 0.6 is 11.3 Å². The maximum absolute atomic E-state index is 12.3. The molecule has 0 aliphatic rings. The number of hydrogen-bond acceptors (Lipinski definition) is 7. The number of anilines is 2. The van der Waals surface area contributed by atoms with Gasteiger partial charge in [-0.2, -0.15) is 0 Å². The number of ether oxygens (including phenoxy) is 2. The summed E-state index contributed by atoms with van der Waals surface area (Å²) in [7, 11) is 0. The smallest absolute Gasteiger partial charge is 0.413 e. The molecule has 0 saturated heterocycles. The second-order valence-electron chi connectivity index (χ2n) is 8.91. The Kier molecular flexibility index (Phi) is 7.30. The molecule has 0 spiro atoms. The second-order valence-corrected chi connectivity index (χ2v) is 9.77. The van der Waals surface area contributed by atoms with E-state index in [4.69, 9.17) is 15.2 Å². The summed E-state index contributed by atoms with van der Waals surface area (Å²) in [5, 5.41) is 7.63. The first-order valence-corrected chi connectivity index (χ1v) is 10.5. The first-order chi connectivity index (χ1) is 13.8. The highest BCUT2D eigenvalue weighted by Crippen LogP contribution is 2.26. The standard InChI is InChI=1S/C21H30N4O4S/c1-20(2,3)25-19(27)28-16(13-7-9-14(22)10-8-13)11-15-12-30-17(23-15)24-18(26)29-21(4,5)6/h7-10,12,16H,11,22H2,1-6H3,(H,25,27)(H,23,24,26). The third kappa shape index (κ3) is 8.28. The highest BCUT2D eigenvalue weighted by atomic mass is 32.1. The molecule has 4 N–H and O–H groups in total. The number of nitrogens with zero attached hydrogens (tertiary/aromatic N) is 1. The van der Waals surface area contributed by atoms with Crippen molar-refractivity contribution in [1.82, 2.24) is 10.3 Å². The zero-order valence-electron chi connectivity index (χ0n) is 18.2. The van der Waals surface area contributed by atoms with Crippen LogP contribution in [0.25, 0.3) is 0 Å². The van der Waals surface area contributed by atoms with Crippen molar-refractivity contribution in [2.24, 2.45) is 0 Å². The fourth-order valence-corrected chi connectivity index (χ4v) is 3.15. The molecule has 1 atom stereocenters. The summed E-state index contributed by atoms with van der Waals surface area (Å²) in [4.78, 5) is 28.7. The predicted octanol–water partition coefficient (Wildman–Crippen LogP) is 4.88. The van der Waals surface area contributed by atoms with Gasteiger partial charge in [0.15, 0.2) is 5.13 Å². The van der Waals surface area contributed by atoms with E-state index in [2.05, 4.69) is 15.6 Å². The lowest BCUT2D eigenvalue weighted by Crippen LogP contribution is -2.41. The van der Waals surface area contributed by atoms with Crippen LogP contribution in [-0.2, 0) is 15.9 Å². The van der Waals surface area contributed by atoms with E-state index >= 15 is 0 Å². The number of carbonyl (C=O) groups excluding carboxylic acids is 2. The molecule has 9 heteroatoms. The summed E-state index contributed by atoms with van der Waals surface area (Å²) >= 11 is 1.27. The lowest BCUT2D eigenvalue weighted by molar-refractivity contribution is 0.0635. The van der Waals surface area contributed by atoms with Crippen LogP contribution in [-0.4, -0.2) is 28.3 Å². The lowest BCUT2D eigenvalue weighted by atomic mass is 10.0. The maximum atomic E-state index is 12.3. The van der Waals surface area contributed by atoms with Gasteiger partial charge in [0.1, 0.15) is 11.7 Å². The number of alkyl carbamates (subject to hydrolysis) is 1. The molecule has 0 aliphatic heterocycles. The summed E-state index contributed by atoms with van der Waals surface area (Å²) in [5.74, 6) is 0. The zero-order valence-corrected chi connectivity index (χ0v) is 19.1. The van der Waals surface area contributed by atoms with Gasteiger partial charge < -0.3 is 20.5 Å². The third-order valence-electron chi connectivity index (χ3n) is 3.59. The Morgan fingerprint density at radius 1 is 1.10 bits per heavy atom. The van der Waals surface area contributed by atoms with Crippen LogP contribution in [0.5, 0.6) is 0 Å². The molecule has 2 rings (SSSR count). The SMILES string of the molecule is CC(C)(C)NC(=O)OC(Cc1csc(NC(=O)OC(C)(C)C)n1)c1ccc(N)cc1. The molecule has 1 heterocycles. The number of hydrogen-bond donors (Lipinski definition) is 3. The summed E-state index contributed by atoms with van der Waals surface area (Å²) < 4.78 is 10.9. The van der Waals surface area contributed by atoms with Gasteiger partial charge in [-0.05, 0) is 59.2 Å². The summed E-state index contributed by atoms with van der Waals surface area (Å²) in [5.41, 5.74) is 6.84. The van der Waals surface area contributed by atoms with Crippen LogP contribution in [0.4, 0.5) is 20.4 Å². The number of benzene rings is 1. The van der Waals surface area contributed by atoms with Gasteiger partial charge in [0, 0.05) is 23.0 Å². The Bertz CT molecular complexity index is 866. The first kappa shape index (κ1) is 23.5. The molecule has 0 radical (unpaired) electrons. The Morgan fingerprint density at radius 2 is 1.73 bits per heavy atom. The molecule has 1 aromatic heterocycles. The van der Waals surface area contributed by atoms with Gasteiger partial charge in [-0.3, -0.25) is 5.32 Å². The van der Waals surface area contributed by atoms with Crippen molar-refractivity contribution in [2.75, 3.05) is 11.1 Å². The monoisotopic (exact) mass is 434 g/mol. The number of thiazole rings is 1. The minimum atomic E-state index is -0.599. The zero-order chi connectivity index (χ0) is 22.5. The Labute approximate surface area is 181 Å². The van der Waals surface area contributed by atoms with Crippen molar-refractivity contribution in [1.29, 1.82) is 0 Å². The molecular formula is C21H30N4O4S. The van der Waals surface area contributed by atoms with Crippen molar-refractivity contribution >= 4 is 34.3 Å². The van der Waals surface area contributed by atoms with Crippen LogP contribution in [0, 0.1) is 0 Å². The Morgan fingerprint density at radius 3 is 2.30 bits per heavy atom. The summed E-state index contributed by atoms with van der Waals surface area (Å²) in [6.07, 6.45) is -1.32. The van der Waals surface area contributed by atoms with Crippen molar-refractivity contribution < 1.29 is 19.1 Å². The number of carbonyl (C=O) groups is 2. The van der Waals surface area contributed by atoms with E-state index in [1.54, 1.807) is 32.9 Å². The summed E-state index contributed by atoms with van der Waals surface area (Å²) in [6, 6.07) is 7.14. The lowest BCUT2D eigenvalue weighted by Gasteiger charge is -2.23. The van der Waals surface area contributed by atoms with Crippen LogP contribution < -0.4 is 16.4 Å². The number of nitrogens with one attached hydrogen (secondary N) is 2. The van der Waals surface area contributed by atoms with Crippen molar-refractivity contribution in [3.8, 4) is 0 Å². The van der Waals surface area contributed by atoms with Crippen LogP contribution in [0.15, 0.2) is 29.6 Å². The van der Waals surface area contributed by atoms with Gasteiger partial charge in [0.05, 0.1) is 5.69 Å². The largest absolute Gasteiger partial charge is 0.444 e. The first-order valence-electron chi connectivity index (χ1n) is 9.59. The van der Waals surface area contributed by atoms with Crippen LogP contribution in [0.2, 0.25) is 0 Å². The minimum Gasteiger partial charge on any atom is -0.444 e. The molecule has 8 nitrogen and oxygen atoms in total. The molecular weight excluding hydrogens is 404 g/mol. The quantitative estimate of drug-likeness (QED) is 0.578. The topological polar surface area (TPSA) is 116 Å². The van der Waals surface area contributed by atoms with E-state index in [9.17, 15) is 9.59 Å². The molecule has 0 fully saturated rings. The highest BCUT2D eigenvalue weighted by Gasteiger charge is 2.23. The van der Waals surface area contributed by atoms with Crippen LogP contribution in [0.1, 0.15) is 58.9 Å². The molecule has 1 unspecified atom stereocenters. The van der Waals surface area contributed by atoms with Gasteiger partial charge >= 0.3 is 12.2 Å². The van der Waals surface area contributed by atoms with Gasteiger partial charge in [-0.15, -0.1) is 11.3 Å². The molecule has 1 aromatic carbocycles. The number of nitrogens with two attached hydrogens (primary N) is 1. The van der Waals surface area contributed by atoms with Gasteiger partial charge in [-0.25, -0.2) is 14.6 Å². The predicted molar refractivity (Wildman–Crippen MR) is 119 cm³/mol. The number of nitrogen functional groups attached to an aromatic ring is 1. The van der Waals surface area contributed by atoms with Gasteiger partial charge in [-0.1, -0.05) is 12.1 Å². The molecule has 30 heavy (non-hydrogen) atoms. The van der Waals surface area contributed by atoms with E-state index in [1.165, 1.54) is 11.3 Å². The third-order valence-corrected chi connectivity index (χ3v) is 4.40. The van der Waals surface area contributed by atoms with E-state index in [0.717, 1.165) is 5.56 Å². The Hall–Kier alpha value is -2.81. The average molecular weight is 435 g/mol. The number of amides is 2. The molecule has 2 aromatic rings. The fraction of sp³-hybridized carbons (Fsp3) is 0.476. The molecule has 0 aliphatic carbocycles. The highest BCUT2D eigenvalue weighted by molar-refractivity contribution is 7.13. The molecule has 2 amide bonds. The van der Waals surface area contributed by atoms with E-state index in [1.807, 2.05) is 38.3 Å². The fourth-order valence-electron chi connectivity index (χ4n) is 2.44. The van der Waals surface area contributed by atoms with Crippen molar-refractivity contribution in [2.45, 2.75) is 65.2 Å². The average Bonchev–Trinajstić information content (AvgIpc) is 2.98. The van der Waals surface area contributed by atoms with E-state index < -0.39 is 29.4 Å². The van der Waals surface area contributed by atoms with Crippen molar-refractivity contribution in [3.63, 3.8) is 0 Å². The van der Waals surface area contributed by atoms with Gasteiger partial charge in [0.2, 0.25) is 0 Å². The van der Waals surface area contributed by atoms with E-state index in [-0.39, 0.29) is 0 Å². The Balaban J connectivity index is 2.12. The minimum absolute atomic E-state index is 0.341. The maximum Gasteiger partial charge on any atom is 0.413 e. The summed E-state index contributed by atoms with van der Waals surface area (Å²) in [6.45, 7) is 11.0. The van der Waals surface area contributed by atoms with Crippen molar-refractivity contribution in [3.05, 3.63) is 40.9 Å². The number of rotatable bonds is 5. The second kappa shape index (κ2) is 9.34. The van der Waals surface area contributed by atoms with Gasteiger partial charge in [0.25, 0.3) is 0 Å².